The molecule has 0 amide bonds. The molecule has 0 N–H and O–H groups in total. The van der Waals surface area contributed by atoms with Crippen molar-refractivity contribution in [2.75, 3.05) is 0 Å². The molecule has 1 aromatic heterocycles. The van der Waals surface area contributed by atoms with Gasteiger partial charge < -0.3 is 0 Å². The molecule has 206 valence electrons. The van der Waals surface area contributed by atoms with Gasteiger partial charge in [0.25, 0.3) is 0 Å². The average molecular weight is 562 g/mol. The highest BCUT2D eigenvalue weighted by molar-refractivity contribution is 6.04. The van der Waals surface area contributed by atoms with E-state index in [4.69, 9.17) is 9.97 Å². The summed E-state index contributed by atoms with van der Waals surface area (Å²) < 4.78 is 9.50. The third kappa shape index (κ3) is 4.83. The molecule has 44 heavy (non-hydrogen) atoms. The van der Waals surface area contributed by atoms with E-state index < -0.39 is 0 Å². The van der Waals surface area contributed by atoms with Gasteiger partial charge in [0.2, 0.25) is 0 Å². The van der Waals surface area contributed by atoms with Crippen LogP contribution >= 0.6 is 0 Å². The molecule has 2 heteroatoms. The van der Waals surface area contributed by atoms with Gasteiger partial charge in [0, 0.05) is 16.7 Å². The zero-order valence-corrected chi connectivity index (χ0v) is 24.0. The quantitative estimate of drug-likeness (QED) is 0.209. The van der Waals surface area contributed by atoms with Crippen molar-refractivity contribution in [2.24, 2.45) is 0 Å². The van der Waals surface area contributed by atoms with Gasteiger partial charge in [-0.3, -0.25) is 0 Å². The molecule has 0 atom stereocenters. The van der Waals surface area contributed by atoms with Crippen molar-refractivity contribution in [1.82, 2.24) is 9.97 Å². The molecule has 2 nitrogen and oxygen atoms in total. The summed E-state index contributed by atoms with van der Waals surface area (Å²) in [5, 5.41) is 4.43. The van der Waals surface area contributed by atoms with E-state index in [1.165, 1.54) is 11.1 Å². The first kappa shape index (κ1) is 24.7. The number of hydrogen-bond donors (Lipinski definition) is 0. The molecule has 8 rings (SSSR count). The smallest absolute Gasteiger partial charge is 0.160 e. The second-order valence-electron chi connectivity index (χ2n) is 11.0. The van der Waals surface area contributed by atoms with Crippen LogP contribution in [0.3, 0.4) is 0 Å². The molecule has 0 saturated heterocycles. The van der Waals surface area contributed by atoms with Gasteiger partial charge in [0.05, 0.1) is 12.8 Å². The van der Waals surface area contributed by atoms with Crippen molar-refractivity contribution in [3.63, 3.8) is 0 Å². The molecular formula is C42H28N2. The summed E-state index contributed by atoms with van der Waals surface area (Å²) in [4.78, 5) is 10.1. The maximum Gasteiger partial charge on any atom is 0.160 e. The Morgan fingerprint density at radius 1 is 0.364 bits per heavy atom. The number of aromatic nitrogens is 2. The molecule has 0 bridgehead atoms. The van der Waals surface area contributed by atoms with Crippen molar-refractivity contribution < 1.29 is 1.37 Å². The fourth-order valence-electron chi connectivity index (χ4n) is 5.96. The summed E-state index contributed by atoms with van der Waals surface area (Å²) in [6.45, 7) is 0. The Morgan fingerprint density at radius 3 is 1.55 bits per heavy atom. The number of hydrogen-bond acceptors (Lipinski definition) is 2. The molecule has 0 aliphatic heterocycles. The highest BCUT2D eigenvalue weighted by Gasteiger charge is 2.15. The van der Waals surface area contributed by atoms with Crippen molar-refractivity contribution in [1.29, 1.82) is 0 Å². The maximum atomic E-state index is 9.50. The summed E-state index contributed by atoms with van der Waals surface area (Å²) in [7, 11) is 0. The van der Waals surface area contributed by atoms with Gasteiger partial charge in [-0.2, -0.15) is 0 Å². The minimum Gasteiger partial charge on any atom is -0.228 e. The Morgan fingerprint density at radius 2 is 0.864 bits per heavy atom. The lowest BCUT2D eigenvalue weighted by atomic mass is 9.93. The van der Waals surface area contributed by atoms with E-state index >= 15 is 0 Å². The maximum absolute atomic E-state index is 9.50. The van der Waals surface area contributed by atoms with Crippen LogP contribution in [0.15, 0.2) is 170 Å². The van der Waals surface area contributed by atoms with Crippen LogP contribution in [-0.4, -0.2) is 9.97 Å². The standard InChI is InChI=1S/C42H28N2/c1-4-12-29(13-5-1)32-20-21-34-27-35(23-22-33(34)26-32)40-28-41(44-42(43-40)31-16-8-3-9-17-31)39-25-24-36(30-14-6-2-7-15-30)37-18-10-11-19-38(37)39/h1-28H/i28D. The summed E-state index contributed by atoms with van der Waals surface area (Å²) >= 11 is 0. The third-order valence-electron chi connectivity index (χ3n) is 8.19. The first-order valence-corrected chi connectivity index (χ1v) is 14.8. The molecular weight excluding hydrogens is 532 g/mol. The van der Waals surface area contributed by atoms with E-state index in [2.05, 4.69) is 121 Å². The Kier molecular flexibility index (Phi) is 6.23. The molecule has 7 aromatic carbocycles. The minimum absolute atomic E-state index is 0.313. The second-order valence-corrected chi connectivity index (χ2v) is 11.0. The lowest BCUT2D eigenvalue weighted by molar-refractivity contribution is 1.19. The van der Waals surface area contributed by atoms with Crippen LogP contribution in [0.1, 0.15) is 1.37 Å². The summed E-state index contributed by atoms with van der Waals surface area (Å²) in [6.07, 6.45) is 0. The number of fused-ring (bicyclic) bond motifs is 2. The zero-order valence-electron chi connectivity index (χ0n) is 25.0. The van der Waals surface area contributed by atoms with Gasteiger partial charge >= 0.3 is 0 Å². The minimum atomic E-state index is 0.313. The Labute approximate surface area is 258 Å². The van der Waals surface area contributed by atoms with Crippen LogP contribution in [0, 0.1) is 0 Å². The molecule has 0 spiro atoms. The van der Waals surface area contributed by atoms with Crippen LogP contribution in [-0.2, 0) is 0 Å². The van der Waals surface area contributed by atoms with Gasteiger partial charge in [0.1, 0.15) is 0 Å². The number of rotatable bonds is 5. The van der Waals surface area contributed by atoms with Crippen molar-refractivity contribution in [3.8, 4) is 56.2 Å². The van der Waals surface area contributed by atoms with Crippen LogP contribution < -0.4 is 0 Å². The fourth-order valence-corrected chi connectivity index (χ4v) is 5.96. The van der Waals surface area contributed by atoms with Gasteiger partial charge in [-0.25, -0.2) is 9.97 Å². The largest absolute Gasteiger partial charge is 0.228 e. The van der Waals surface area contributed by atoms with Crippen LogP contribution in [0.25, 0.3) is 77.7 Å². The van der Waals surface area contributed by atoms with E-state index in [1.54, 1.807) is 0 Å². The Balaban J connectivity index is 1.32. The molecule has 1 heterocycles. The lowest BCUT2D eigenvalue weighted by Gasteiger charge is -2.14. The van der Waals surface area contributed by atoms with Crippen molar-refractivity contribution in [3.05, 3.63) is 170 Å². The van der Waals surface area contributed by atoms with E-state index in [9.17, 15) is 1.37 Å². The monoisotopic (exact) mass is 561 g/mol. The first-order valence-electron chi connectivity index (χ1n) is 15.3. The fraction of sp³-hybridized carbons (Fsp3) is 0. The second kappa shape index (κ2) is 11.1. The molecule has 0 aliphatic rings. The van der Waals surface area contributed by atoms with Gasteiger partial charge in [-0.15, -0.1) is 0 Å². The summed E-state index contributed by atoms with van der Waals surface area (Å²) in [5.74, 6) is 0.604. The Hall–Kier alpha value is -5.86. The predicted molar refractivity (Wildman–Crippen MR) is 184 cm³/mol. The predicted octanol–water partition coefficient (Wildman–Crippen LogP) is 11.1. The average Bonchev–Trinajstić information content (AvgIpc) is 3.12. The third-order valence-corrected chi connectivity index (χ3v) is 8.19. The topological polar surface area (TPSA) is 25.8 Å². The van der Waals surface area contributed by atoms with Crippen molar-refractivity contribution in [2.45, 2.75) is 0 Å². The first-order chi connectivity index (χ1) is 22.2. The summed E-state index contributed by atoms with van der Waals surface area (Å²) in [6, 6.07) is 56.7. The van der Waals surface area contributed by atoms with Gasteiger partial charge in [-0.05, 0) is 62.0 Å². The van der Waals surface area contributed by atoms with Gasteiger partial charge in [0.15, 0.2) is 5.82 Å². The van der Waals surface area contributed by atoms with E-state index in [1.807, 2.05) is 42.5 Å². The molecule has 0 unspecified atom stereocenters. The summed E-state index contributed by atoms with van der Waals surface area (Å²) in [5.41, 5.74) is 8.65. The van der Waals surface area contributed by atoms with E-state index in [-0.39, 0.29) is 0 Å². The van der Waals surface area contributed by atoms with Crippen LogP contribution in [0.5, 0.6) is 0 Å². The van der Waals surface area contributed by atoms with Crippen molar-refractivity contribution >= 4 is 21.5 Å². The number of nitrogens with zero attached hydrogens (tertiary/aromatic N) is 2. The van der Waals surface area contributed by atoms with E-state index in [0.29, 0.717) is 23.3 Å². The molecule has 0 radical (unpaired) electrons. The molecule has 0 saturated carbocycles. The zero-order chi connectivity index (χ0) is 30.2. The van der Waals surface area contributed by atoms with Crippen LogP contribution in [0.4, 0.5) is 0 Å². The molecule has 0 fully saturated rings. The normalized spacial score (nSPS) is 11.5. The lowest BCUT2D eigenvalue weighted by Crippen LogP contribution is -1.97. The van der Waals surface area contributed by atoms with Crippen LogP contribution in [0.2, 0.25) is 0 Å². The number of benzene rings is 7. The molecule has 8 aromatic rings. The highest BCUT2D eigenvalue weighted by atomic mass is 14.9. The van der Waals surface area contributed by atoms with E-state index in [0.717, 1.165) is 49.4 Å². The molecule has 0 aliphatic carbocycles. The van der Waals surface area contributed by atoms with Gasteiger partial charge in [-0.1, -0.05) is 152 Å². The highest BCUT2D eigenvalue weighted by Crippen LogP contribution is 2.37. The SMILES string of the molecule is [2H]c1c(-c2ccc3cc(-c4ccccc4)ccc3c2)nc(-c2ccccc2)nc1-c1ccc(-c2ccccc2)c2ccccc12. The Bertz CT molecular complexity index is 2310.